The molecule has 12 heavy (non-hydrogen) atoms. The summed E-state index contributed by atoms with van der Waals surface area (Å²) < 4.78 is 1.67. The predicted molar refractivity (Wildman–Crippen MR) is 48.5 cm³/mol. The first kappa shape index (κ1) is 7.49. The first-order valence-corrected chi connectivity index (χ1v) is 4.17. The van der Waals surface area contributed by atoms with Gasteiger partial charge in [-0.15, -0.1) is 0 Å². The monoisotopic (exact) mass is 227 g/mol. The van der Waals surface area contributed by atoms with Crippen molar-refractivity contribution in [3.8, 4) is 5.88 Å². The molecule has 2 N–H and O–H groups in total. The topological polar surface area (TPSA) is 45.4 Å². The van der Waals surface area contributed by atoms with Crippen LogP contribution in [-0.2, 0) is 0 Å². The van der Waals surface area contributed by atoms with Gasteiger partial charge in [-0.25, -0.2) is 0 Å². The normalized spacial score (nSPS) is 10.8. The highest BCUT2D eigenvalue weighted by atomic mass is 79.9. The van der Waals surface area contributed by atoms with Crippen LogP contribution in [0.1, 0.15) is 0 Å². The van der Waals surface area contributed by atoms with Crippen molar-refractivity contribution < 1.29 is 10.3 Å². The summed E-state index contributed by atoms with van der Waals surface area (Å²) in [5.74, 6) is -0.150. The average molecular weight is 228 g/mol. The number of rotatable bonds is 0. The van der Waals surface area contributed by atoms with Gasteiger partial charge in [0.1, 0.15) is 0 Å². The Bertz CT molecular complexity index is 436. The quantitative estimate of drug-likeness (QED) is 0.679. The Morgan fingerprint density at radius 1 is 1.25 bits per heavy atom. The first-order chi connectivity index (χ1) is 5.68. The van der Waals surface area contributed by atoms with Crippen LogP contribution in [0.3, 0.4) is 0 Å². The summed E-state index contributed by atoms with van der Waals surface area (Å²) in [4.78, 5) is 0. The van der Waals surface area contributed by atoms with Gasteiger partial charge in [0.2, 0.25) is 5.88 Å². The summed E-state index contributed by atoms with van der Waals surface area (Å²) in [5, 5.41) is 19.2. The molecule has 0 aliphatic rings. The number of aromatic hydroxyl groups is 1. The summed E-state index contributed by atoms with van der Waals surface area (Å²) in [5.41, 5.74) is 0.593. The van der Waals surface area contributed by atoms with E-state index in [1.54, 1.807) is 12.1 Å². The molecule has 0 saturated heterocycles. The molecule has 0 fully saturated rings. The van der Waals surface area contributed by atoms with Crippen LogP contribution in [0.25, 0.3) is 10.9 Å². The summed E-state index contributed by atoms with van der Waals surface area (Å²) in [6, 6.07) is 6.84. The Balaban J connectivity index is 2.87. The fourth-order valence-electron chi connectivity index (χ4n) is 1.16. The van der Waals surface area contributed by atoms with E-state index in [9.17, 15) is 5.21 Å². The first-order valence-electron chi connectivity index (χ1n) is 3.38. The Hall–Kier alpha value is -1.16. The molecule has 0 spiro atoms. The molecule has 0 amide bonds. The third-order valence-corrected chi connectivity index (χ3v) is 2.21. The molecule has 2 aromatic rings. The van der Waals surface area contributed by atoms with E-state index in [-0.39, 0.29) is 5.88 Å². The fraction of sp³-hybridized carbons (Fsp3) is 0. The zero-order valence-corrected chi connectivity index (χ0v) is 7.62. The maximum Gasteiger partial charge on any atom is 0.225 e. The number of nitrogens with zero attached hydrogens (tertiary/aromatic N) is 1. The lowest BCUT2D eigenvalue weighted by Crippen LogP contribution is -1.86. The van der Waals surface area contributed by atoms with Gasteiger partial charge >= 0.3 is 0 Å². The summed E-state index contributed by atoms with van der Waals surface area (Å²) in [6.07, 6.45) is 0. The van der Waals surface area contributed by atoms with Gasteiger partial charge in [-0.05, 0) is 18.2 Å². The van der Waals surface area contributed by atoms with Crippen LogP contribution < -0.4 is 0 Å². The lowest BCUT2D eigenvalue weighted by atomic mass is 10.2. The van der Waals surface area contributed by atoms with E-state index in [0.29, 0.717) is 5.52 Å². The lowest BCUT2D eigenvalue weighted by Gasteiger charge is -1.94. The lowest BCUT2D eigenvalue weighted by molar-refractivity contribution is 0.167. The number of halogens is 1. The fourth-order valence-corrected chi connectivity index (χ4v) is 1.54. The van der Waals surface area contributed by atoms with Crippen LogP contribution in [-0.4, -0.2) is 15.0 Å². The highest BCUT2D eigenvalue weighted by Gasteiger charge is 2.05. The third kappa shape index (κ3) is 0.956. The van der Waals surface area contributed by atoms with Crippen molar-refractivity contribution in [2.45, 2.75) is 0 Å². The molecule has 3 nitrogen and oxygen atoms in total. The molecule has 4 heteroatoms. The van der Waals surface area contributed by atoms with Crippen LogP contribution in [0.2, 0.25) is 0 Å². The summed E-state index contributed by atoms with van der Waals surface area (Å²) >= 11 is 3.29. The molecule has 62 valence electrons. The molecular formula is C8H6BrNO2. The molecule has 0 atom stereocenters. The van der Waals surface area contributed by atoms with E-state index in [0.717, 1.165) is 14.6 Å². The highest BCUT2D eigenvalue weighted by molar-refractivity contribution is 9.10. The molecule has 0 radical (unpaired) electrons. The Morgan fingerprint density at radius 2 is 2.00 bits per heavy atom. The summed E-state index contributed by atoms with van der Waals surface area (Å²) in [7, 11) is 0. The van der Waals surface area contributed by atoms with Crippen LogP contribution >= 0.6 is 15.9 Å². The zero-order chi connectivity index (χ0) is 8.72. The Labute approximate surface area is 76.9 Å². The van der Waals surface area contributed by atoms with E-state index < -0.39 is 0 Å². The van der Waals surface area contributed by atoms with E-state index >= 15 is 0 Å². The van der Waals surface area contributed by atoms with Crippen molar-refractivity contribution >= 4 is 26.8 Å². The van der Waals surface area contributed by atoms with E-state index in [2.05, 4.69) is 15.9 Å². The number of fused-ring (bicyclic) bond motifs is 1. The minimum absolute atomic E-state index is 0.150. The van der Waals surface area contributed by atoms with Crippen molar-refractivity contribution in [1.29, 1.82) is 0 Å². The molecule has 1 aromatic carbocycles. The van der Waals surface area contributed by atoms with E-state index in [1.165, 1.54) is 6.07 Å². The minimum atomic E-state index is -0.150. The molecule has 0 aliphatic heterocycles. The Morgan fingerprint density at radius 3 is 2.75 bits per heavy atom. The molecule has 0 aliphatic carbocycles. The second-order valence-corrected chi connectivity index (χ2v) is 3.43. The smallest absolute Gasteiger partial charge is 0.225 e. The Kier molecular flexibility index (Phi) is 1.51. The summed E-state index contributed by atoms with van der Waals surface area (Å²) in [6.45, 7) is 0. The molecule has 0 saturated carbocycles. The van der Waals surface area contributed by atoms with Gasteiger partial charge < -0.3 is 10.3 Å². The average Bonchev–Trinajstić information content (AvgIpc) is 2.28. The van der Waals surface area contributed by atoms with Gasteiger partial charge in [0.05, 0.1) is 5.52 Å². The van der Waals surface area contributed by atoms with Crippen molar-refractivity contribution in [3.05, 3.63) is 28.7 Å². The number of hydrogen-bond acceptors (Lipinski definition) is 2. The van der Waals surface area contributed by atoms with Crippen molar-refractivity contribution in [3.63, 3.8) is 0 Å². The second-order valence-electron chi connectivity index (χ2n) is 2.52. The van der Waals surface area contributed by atoms with Gasteiger partial charge in [0.15, 0.2) is 0 Å². The van der Waals surface area contributed by atoms with Crippen LogP contribution in [0.15, 0.2) is 28.7 Å². The molecule has 2 rings (SSSR count). The number of hydrogen-bond donors (Lipinski definition) is 2. The largest absolute Gasteiger partial charge is 0.492 e. The van der Waals surface area contributed by atoms with E-state index in [1.807, 2.05) is 6.07 Å². The van der Waals surface area contributed by atoms with Gasteiger partial charge in [-0.2, -0.15) is 4.73 Å². The molecule has 1 heterocycles. The SMILES string of the molecule is Oc1cc2cc(Br)ccc2n1O. The van der Waals surface area contributed by atoms with Crippen molar-refractivity contribution in [2.75, 3.05) is 0 Å². The number of aromatic nitrogens is 1. The molecular weight excluding hydrogens is 222 g/mol. The predicted octanol–water partition coefficient (Wildman–Crippen LogP) is 2.35. The maximum absolute atomic E-state index is 9.24. The molecule has 0 unspecified atom stereocenters. The zero-order valence-electron chi connectivity index (χ0n) is 6.03. The van der Waals surface area contributed by atoms with Gasteiger partial charge in [0.25, 0.3) is 0 Å². The van der Waals surface area contributed by atoms with Crippen molar-refractivity contribution in [1.82, 2.24) is 4.73 Å². The number of benzene rings is 1. The van der Waals surface area contributed by atoms with E-state index in [4.69, 9.17) is 5.11 Å². The third-order valence-electron chi connectivity index (χ3n) is 1.72. The van der Waals surface area contributed by atoms with Crippen LogP contribution in [0, 0.1) is 0 Å². The maximum atomic E-state index is 9.24. The van der Waals surface area contributed by atoms with Crippen molar-refractivity contribution in [2.24, 2.45) is 0 Å². The van der Waals surface area contributed by atoms with Gasteiger partial charge in [-0.3, -0.25) is 0 Å². The van der Waals surface area contributed by atoms with Gasteiger partial charge in [-0.1, -0.05) is 15.9 Å². The molecule has 1 aromatic heterocycles. The van der Waals surface area contributed by atoms with Crippen LogP contribution in [0.4, 0.5) is 0 Å². The van der Waals surface area contributed by atoms with Gasteiger partial charge in [0, 0.05) is 15.9 Å². The second kappa shape index (κ2) is 2.42. The highest BCUT2D eigenvalue weighted by Crippen LogP contribution is 2.25. The minimum Gasteiger partial charge on any atom is -0.492 e. The molecule has 0 bridgehead atoms. The van der Waals surface area contributed by atoms with Crippen LogP contribution in [0.5, 0.6) is 5.88 Å². The standard InChI is InChI=1S/C8H6BrNO2/c9-6-1-2-7-5(3-6)4-8(11)10(7)12/h1-4,11-12H.